The zero-order valence-electron chi connectivity index (χ0n) is 14.1. The standard InChI is InChI=1S/C18H24N2O3/c1-11(7-13(3)21)10-19-18(22)16-8-12(2)20-17-6-5-14(23-4)9-15(16)17/h5-6,8-9,11,13,21H,7,10H2,1-4H3,(H,19,22). The lowest BCUT2D eigenvalue weighted by Gasteiger charge is -2.15. The highest BCUT2D eigenvalue weighted by Crippen LogP contribution is 2.23. The number of amides is 1. The van der Waals surface area contributed by atoms with Crippen LogP contribution in [0.15, 0.2) is 24.3 Å². The van der Waals surface area contributed by atoms with Gasteiger partial charge in [-0.25, -0.2) is 0 Å². The zero-order chi connectivity index (χ0) is 17.0. The van der Waals surface area contributed by atoms with Crippen LogP contribution in [0.3, 0.4) is 0 Å². The molecular formula is C18H24N2O3. The highest BCUT2D eigenvalue weighted by atomic mass is 16.5. The largest absolute Gasteiger partial charge is 0.497 e. The van der Waals surface area contributed by atoms with E-state index in [1.807, 2.05) is 32.0 Å². The predicted octanol–water partition coefficient (Wildman–Crippen LogP) is 2.69. The third kappa shape index (κ3) is 4.42. The minimum atomic E-state index is -0.366. The van der Waals surface area contributed by atoms with Crippen LogP contribution in [0.4, 0.5) is 0 Å². The molecule has 0 saturated heterocycles. The summed E-state index contributed by atoms with van der Waals surface area (Å²) in [5, 5.41) is 13.1. The van der Waals surface area contributed by atoms with E-state index in [-0.39, 0.29) is 17.9 Å². The summed E-state index contributed by atoms with van der Waals surface area (Å²) in [6.45, 7) is 6.16. The summed E-state index contributed by atoms with van der Waals surface area (Å²) in [4.78, 5) is 17.0. The highest BCUT2D eigenvalue weighted by molar-refractivity contribution is 6.06. The Morgan fingerprint density at radius 3 is 2.74 bits per heavy atom. The van der Waals surface area contributed by atoms with Crippen LogP contribution < -0.4 is 10.1 Å². The molecule has 2 unspecified atom stereocenters. The molecule has 1 amide bonds. The number of nitrogens with zero attached hydrogens (tertiary/aromatic N) is 1. The first-order chi connectivity index (χ1) is 10.9. The van der Waals surface area contributed by atoms with E-state index in [1.54, 1.807) is 20.1 Å². The number of aryl methyl sites for hydroxylation is 1. The Hall–Kier alpha value is -2.14. The molecule has 0 fully saturated rings. The second-order valence-electron chi connectivity index (χ2n) is 6.09. The number of benzene rings is 1. The molecule has 0 radical (unpaired) electrons. The number of carbonyl (C=O) groups excluding carboxylic acids is 1. The van der Waals surface area contributed by atoms with E-state index in [0.717, 1.165) is 16.6 Å². The Labute approximate surface area is 136 Å². The molecule has 5 heteroatoms. The molecule has 0 aliphatic heterocycles. The average molecular weight is 316 g/mol. The van der Waals surface area contributed by atoms with Gasteiger partial charge in [-0.05, 0) is 50.5 Å². The maximum absolute atomic E-state index is 12.6. The van der Waals surface area contributed by atoms with Gasteiger partial charge < -0.3 is 15.2 Å². The Morgan fingerprint density at radius 1 is 1.35 bits per heavy atom. The highest BCUT2D eigenvalue weighted by Gasteiger charge is 2.14. The van der Waals surface area contributed by atoms with E-state index in [4.69, 9.17) is 4.74 Å². The topological polar surface area (TPSA) is 71.5 Å². The minimum absolute atomic E-state index is 0.133. The van der Waals surface area contributed by atoms with E-state index in [2.05, 4.69) is 10.3 Å². The van der Waals surface area contributed by atoms with Gasteiger partial charge in [-0.2, -0.15) is 0 Å². The number of pyridine rings is 1. The molecule has 2 atom stereocenters. The van der Waals surface area contributed by atoms with E-state index in [0.29, 0.717) is 24.3 Å². The Balaban J connectivity index is 2.25. The summed E-state index contributed by atoms with van der Waals surface area (Å²) in [5.74, 6) is 0.772. The van der Waals surface area contributed by atoms with E-state index in [1.165, 1.54) is 0 Å². The molecule has 2 rings (SSSR count). The van der Waals surface area contributed by atoms with Gasteiger partial charge in [0.1, 0.15) is 5.75 Å². The van der Waals surface area contributed by atoms with Crippen LogP contribution >= 0.6 is 0 Å². The van der Waals surface area contributed by atoms with Gasteiger partial charge in [0, 0.05) is 17.6 Å². The van der Waals surface area contributed by atoms with Gasteiger partial charge in [-0.1, -0.05) is 6.92 Å². The van der Waals surface area contributed by atoms with Crippen molar-refractivity contribution in [3.63, 3.8) is 0 Å². The van der Waals surface area contributed by atoms with Crippen LogP contribution in [-0.2, 0) is 0 Å². The number of hydrogen-bond acceptors (Lipinski definition) is 4. The van der Waals surface area contributed by atoms with Crippen molar-refractivity contribution in [2.75, 3.05) is 13.7 Å². The second kappa shape index (κ2) is 7.42. The lowest BCUT2D eigenvalue weighted by Crippen LogP contribution is -2.29. The maximum Gasteiger partial charge on any atom is 0.252 e. The number of methoxy groups -OCH3 is 1. The number of aromatic nitrogens is 1. The summed E-state index contributed by atoms with van der Waals surface area (Å²) in [6.07, 6.45) is 0.291. The zero-order valence-corrected chi connectivity index (χ0v) is 14.1. The molecule has 0 saturated carbocycles. The van der Waals surface area contributed by atoms with E-state index >= 15 is 0 Å². The average Bonchev–Trinajstić information content (AvgIpc) is 2.50. The lowest BCUT2D eigenvalue weighted by atomic mass is 10.0. The molecule has 2 aromatic rings. The Kier molecular flexibility index (Phi) is 5.55. The number of ether oxygens (including phenoxy) is 1. The number of aliphatic hydroxyl groups excluding tert-OH is 1. The van der Waals surface area contributed by atoms with Crippen LogP contribution in [0.1, 0.15) is 36.3 Å². The van der Waals surface area contributed by atoms with Crippen molar-refractivity contribution in [3.8, 4) is 5.75 Å². The summed E-state index contributed by atoms with van der Waals surface area (Å²) in [6, 6.07) is 7.31. The number of carbonyl (C=O) groups is 1. The van der Waals surface area contributed by atoms with E-state index in [9.17, 15) is 9.90 Å². The van der Waals surface area contributed by atoms with Crippen molar-refractivity contribution >= 4 is 16.8 Å². The van der Waals surface area contributed by atoms with Crippen LogP contribution in [-0.4, -0.2) is 35.8 Å². The van der Waals surface area contributed by atoms with Gasteiger partial charge in [-0.3, -0.25) is 9.78 Å². The van der Waals surface area contributed by atoms with Gasteiger partial charge in [-0.15, -0.1) is 0 Å². The van der Waals surface area contributed by atoms with Crippen molar-refractivity contribution in [1.29, 1.82) is 0 Å². The monoisotopic (exact) mass is 316 g/mol. The van der Waals surface area contributed by atoms with Gasteiger partial charge >= 0.3 is 0 Å². The molecule has 5 nitrogen and oxygen atoms in total. The molecule has 1 aromatic heterocycles. The van der Waals surface area contributed by atoms with Crippen molar-refractivity contribution in [2.45, 2.75) is 33.3 Å². The summed E-state index contributed by atoms with van der Waals surface area (Å²) in [5.41, 5.74) is 2.16. The first-order valence-corrected chi connectivity index (χ1v) is 7.82. The van der Waals surface area contributed by atoms with Gasteiger partial charge in [0.15, 0.2) is 0 Å². The van der Waals surface area contributed by atoms with Crippen molar-refractivity contribution < 1.29 is 14.6 Å². The molecule has 0 aliphatic rings. The minimum Gasteiger partial charge on any atom is -0.497 e. The fourth-order valence-corrected chi connectivity index (χ4v) is 2.68. The SMILES string of the molecule is COc1ccc2nc(C)cc(C(=O)NCC(C)CC(C)O)c2c1. The third-order valence-electron chi connectivity index (χ3n) is 3.74. The smallest absolute Gasteiger partial charge is 0.252 e. The summed E-state index contributed by atoms with van der Waals surface area (Å²) >= 11 is 0. The molecule has 23 heavy (non-hydrogen) atoms. The van der Waals surface area contributed by atoms with Gasteiger partial charge in [0.05, 0.1) is 24.3 Å². The molecule has 124 valence electrons. The van der Waals surface area contributed by atoms with Crippen LogP contribution in [0.2, 0.25) is 0 Å². The fourth-order valence-electron chi connectivity index (χ4n) is 2.68. The molecule has 1 aromatic carbocycles. The predicted molar refractivity (Wildman–Crippen MR) is 90.8 cm³/mol. The van der Waals surface area contributed by atoms with Gasteiger partial charge in [0.2, 0.25) is 0 Å². The number of fused-ring (bicyclic) bond motifs is 1. The van der Waals surface area contributed by atoms with Crippen LogP contribution in [0.25, 0.3) is 10.9 Å². The first kappa shape index (κ1) is 17.2. The quantitative estimate of drug-likeness (QED) is 0.859. The Morgan fingerprint density at radius 2 is 2.09 bits per heavy atom. The number of aliphatic hydroxyl groups is 1. The Bertz CT molecular complexity index is 698. The van der Waals surface area contributed by atoms with Crippen LogP contribution in [0, 0.1) is 12.8 Å². The molecule has 0 spiro atoms. The molecular weight excluding hydrogens is 292 g/mol. The lowest BCUT2D eigenvalue weighted by molar-refractivity contribution is 0.0941. The molecule has 0 bridgehead atoms. The van der Waals surface area contributed by atoms with Crippen LogP contribution in [0.5, 0.6) is 5.75 Å². The van der Waals surface area contributed by atoms with Crippen molar-refractivity contribution in [2.24, 2.45) is 5.92 Å². The summed E-state index contributed by atoms with van der Waals surface area (Å²) in [7, 11) is 1.60. The molecule has 1 heterocycles. The normalized spacial score (nSPS) is 13.6. The van der Waals surface area contributed by atoms with E-state index < -0.39 is 0 Å². The number of nitrogens with one attached hydrogen (secondary N) is 1. The number of hydrogen-bond donors (Lipinski definition) is 2. The van der Waals surface area contributed by atoms with Crippen molar-refractivity contribution in [1.82, 2.24) is 10.3 Å². The summed E-state index contributed by atoms with van der Waals surface area (Å²) < 4.78 is 5.24. The maximum atomic E-state index is 12.6. The molecule has 0 aliphatic carbocycles. The fraction of sp³-hybridized carbons (Fsp3) is 0.444. The van der Waals surface area contributed by atoms with Crippen molar-refractivity contribution in [3.05, 3.63) is 35.5 Å². The second-order valence-corrected chi connectivity index (χ2v) is 6.09. The molecule has 2 N–H and O–H groups in total. The third-order valence-corrected chi connectivity index (χ3v) is 3.74. The number of rotatable bonds is 6. The first-order valence-electron chi connectivity index (χ1n) is 7.82. The van der Waals surface area contributed by atoms with Gasteiger partial charge in [0.25, 0.3) is 5.91 Å².